The molecule has 2 amide bonds. The summed E-state index contributed by atoms with van der Waals surface area (Å²) in [7, 11) is -4.30. The lowest BCUT2D eigenvalue weighted by Gasteiger charge is -2.34. The molecule has 7 nitrogen and oxygen atoms in total. The molecule has 0 bridgehead atoms. The molecule has 1 atom stereocenters. The van der Waals surface area contributed by atoms with Gasteiger partial charge in [-0.2, -0.15) is 0 Å². The molecule has 0 radical (unpaired) electrons. The van der Waals surface area contributed by atoms with Crippen LogP contribution in [-0.4, -0.2) is 43.8 Å². The summed E-state index contributed by atoms with van der Waals surface area (Å²) in [5.41, 5.74) is 2.32. The number of aryl methyl sites for hydroxylation is 1. The minimum Gasteiger partial charge on any atom is -0.352 e. The number of hydrogen-bond acceptors (Lipinski definition) is 4. The van der Waals surface area contributed by atoms with Gasteiger partial charge >= 0.3 is 0 Å². The quantitative estimate of drug-likeness (QED) is 0.161. The summed E-state index contributed by atoms with van der Waals surface area (Å²) in [6, 6.07) is 23.5. The largest absolute Gasteiger partial charge is 0.352 e. The van der Waals surface area contributed by atoms with Crippen molar-refractivity contribution in [2.45, 2.75) is 50.7 Å². The third kappa shape index (κ3) is 8.96. The van der Waals surface area contributed by atoms with E-state index in [2.05, 4.69) is 5.32 Å². The Morgan fingerprint density at radius 3 is 2.09 bits per heavy atom. The van der Waals surface area contributed by atoms with Crippen LogP contribution in [0.3, 0.4) is 0 Å². The molecule has 0 aliphatic carbocycles. The smallest absolute Gasteiger partial charge is 0.264 e. The minimum atomic E-state index is -4.30. The summed E-state index contributed by atoms with van der Waals surface area (Å²) in [6.45, 7) is 4.72. The Hall–Kier alpha value is -3.27. The number of rotatable bonds is 12. The van der Waals surface area contributed by atoms with Gasteiger partial charge in [-0.25, -0.2) is 8.42 Å². The maximum Gasteiger partial charge on any atom is 0.264 e. The lowest BCUT2D eigenvalue weighted by Crippen LogP contribution is -2.54. The predicted octanol–water partition coefficient (Wildman–Crippen LogP) is 7.97. The number of nitrogens with zero attached hydrogens (tertiary/aromatic N) is 2. The molecule has 0 aliphatic rings. The van der Waals surface area contributed by atoms with E-state index >= 15 is 0 Å². The first kappa shape index (κ1) is 35.6. The highest BCUT2D eigenvalue weighted by Crippen LogP contribution is 2.31. The first-order chi connectivity index (χ1) is 21.8. The van der Waals surface area contributed by atoms with Crippen molar-refractivity contribution < 1.29 is 18.0 Å². The number of anilines is 1. The van der Waals surface area contributed by atoms with Gasteiger partial charge < -0.3 is 10.2 Å². The second-order valence-corrected chi connectivity index (χ2v) is 14.6. The van der Waals surface area contributed by atoms with Crippen molar-refractivity contribution in [1.29, 1.82) is 0 Å². The normalized spacial score (nSPS) is 12.1. The van der Waals surface area contributed by atoms with Crippen molar-refractivity contribution in [3.05, 3.63) is 128 Å². The van der Waals surface area contributed by atoms with Crippen molar-refractivity contribution in [2.24, 2.45) is 0 Å². The molecule has 242 valence electrons. The second kappa shape index (κ2) is 15.5. The van der Waals surface area contributed by atoms with Crippen LogP contribution >= 0.6 is 46.4 Å². The highest BCUT2D eigenvalue weighted by atomic mass is 35.5. The molecule has 0 fully saturated rings. The van der Waals surface area contributed by atoms with Crippen LogP contribution in [0.25, 0.3) is 0 Å². The van der Waals surface area contributed by atoms with E-state index in [0.29, 0.717) is 15.6 Å². The fraction of sp³-hybridized carbons (Fsp3) is 0.235. The van der Waals surface area contributed by atoms with Crippen molar-refractivity contribution in [3.63, 3.8) is 0 Å². The zero-order chi connectivity index (χ0) is 33.6. The number of sulfonamides is 1. The van der Waals surface area contributed by atoms with E-state index in [4.69, 9.17) is 46.4 Å². The average Bonchev–Trinajstić information content (AvgIpc) is 3.00. The monoisotopic (exact) mass is 719 g/mol. The molecule has 0 saturated heterocycles. The Morgan fingerprint density at radius 2 is 1.48 bits per heavy atom. The van der Waals surface area contributed by atoms with Crippen molar-refractivity contribution in [2.75, 3.05) is 10.8 Å². The SMILES string of the molecule is Cc1ccc(S(=O)(=O)N(CC(=O)N(Cc2ccc(Cl)cc2Cl)[C@@H](Cc2ccccc2)C(=O)NC(C)C)c2ccc(Cl)c(Cl)c2)cc1. The molecule has 0 saturated carbocycles. The molecule has 4 aromatic rings. The molecule has 4 aromatic carbocycles. The van der Waals surface area contributed by atoms with E-state index in [1.807, 2.05) is 51.1 Å². The summed E-state index contributed by atoms with van der Waals surface area (Å²) in [4.78, 5) is 29.7. The Labute approximate surface area is 290 Å². The lowest BCUT2D eigenvalue weighted by molar-refractivity contribution is -0.140. The van der Waals surface area contributed by atoms with E-state index in [-0.39, 0.29) is 39.6 Å². The summed E-state index contributed by atoms with van der Waals surface area (Å²) in [5, 5.41) is 3.94. The molecule has 0 spiro atoms. The van der Waals surface area contributed by atoms with E-state index in [1.54, 1.807) is 30.3 Å². The maximum atomic E-state index is 14.5. The summed E-state index contributed by atoms with van der Waals surface area (Å²) in [5.74, 6) is -1.05. The van der Waals surface area contributed by atoms with Crippen LogP contribution in [0, 0.1) is 6.92 Å². The van der Waals surface area contributed by atoms with Gasteiger partial charge in [0.2, 0.25) is 11.8 Å². The molecule has 4 rings (SSSR count). The van der Waals surface area contributed by atoms with Gasteiger partial charge in [-0.3, -0.25) is 13.9 Å². The van der Waals surface area contributed by atoms with Crippen molar-refractivity contribution in [3.8, 4) is 0 Å². The van der Waals surface area contributed by atoms with Gasteiger partial charge in [0.25, 0.3) is 10.0 Å². The molecule has 12 heteroatoms. The molecule has 0 aliphatic heterocycles. The van der Waals surface area contributed by atoms with E-state index in [9.17, 15) is 18.0 Å². The number of halogens is 4. The van der Waals surface area contributed by atoms with Crippen LogP contribution in [0.4, 0.5) is 5.69 Å². The van der Waals surface area contributed by atoms with E-state index in [0.717, 1.165) is 15.4 Å². The highest BCUT2D eigenvalue weighted by molar-refractivity contribution is 7.92. The standard InChI is InChI=1S/C34H33Cl4N3O4S/c1-22(2)39-34(43)32(17-24-7-5-4-6-8-24)40(20-25-11-12-26(35)18-30(25)37)33(42)21-41(27-13-16-29(36)31(38)19-27)46(44,45)28-14-9-23(3)10-15-28/h4-16,18-19,22,32H,17,20-21H2,1-3H3,(H,39,43)/t32-/m0/s1. The Balaban J connectivity index is 1.84. The molecule has 46 heavy (non-hydrogen) atoms. The Kier molecular flexibility index (Phi) is 12.0. The Morgan fingerprint density at radius 1 is 0.804 bits per heavy atom. The van der Waals surface area contributed by atoms with Crippen LogP contribution in [0.15, 0.2) is 95.9 Å². The average molecular weight is 722 g/mol. The Bertz CT molecular complexity index is 1800. The molecule has 1 N–H and O–H groups in total. The lowest BCUT2D eigenvalue weighted by atomic mass is 10.0. The first-order valence-electron chi connectivity index (χ1n) is 14.4. The third-order valence-corrected chi connectivity index (χ3v) is 10.3. The number of nitrogens with one attached hydrogen (secondary N) is 1. The number of hydrogen-bond donors (Lipinski definition) is 1. The van der Waals surface area contributed by atoms with E-state index < -0.39 is 34.4 Å². The molecular formula is C34H33Cl4N3O4S. The van der Waals surface area contributed by atoms with Crippen LogP contribution in [-0.2, 0) is 32.6 Å². The van der Waals surface area contributed by atoms with Gasteiger partial charge in [0.15, 0.2) is 0 Å². The van der Waals surface area contributed by atoms with Crippen LogP contribution in [0.5, 0.6) is 0 Å². The molecule has 0 unspecified atom stereocenters. The molecule has 0 heterocycles. The zero-order valence-corrected chi connectivity index (χ0v) is 29.2. The van der Waals surface area contributed by atoms with Gasteiger partial charge in [-0.15, -0.1) is 0 Å². The second-order valence-electron chi connectivity index (χ2n) is 11.0. The van der Waals surface area contributed by atoms with Gasteiger partial charge in [-0.05, 0) is 74.4 Å². The summed E-state index contributed by atoms with van der Waals surface area (Å²) < 4.78 is 29.3. The van der Waals surface area contributed by atoms with Crippen LogP contribution < -0.4 is 9.62 Å². The summed E-state index contributed by atoms with van der Waals surface area (Å²) in [6.07, 6.45) is 0.161. The number of amides is 2. The van der Waals surface area contributed by atoms with Gasteiger partial charge in [0, 0.05) is 29.1 Å². The highest BCUT2D eigenvalue weighted by Gasteiger charge is 2.35. The van der Waals surface area contributed by atoms with Crippen molar-refractivity contribution >= 4 is 73.9 Å². The van der Waals surface area contributed by atoms with Crippen LogP contribution in [0.1, 0.15) is 30.5 Å². The van der Waals surface area contributed by atoms with Gasteiger partial charge in [0.05, 0.1) is 20.6 Å². The fourth-order valence-corrected chi connectivity index (χ4v) is 6.94. The topological polar surface area (TPSA) is 86.8 Å². The van der Waals surface area contributed by atoms with Crippen LogP contribution in [0.2, 0.25) is 20.1 Å². The molecule has 0 aromatic heterocycles. The number of carbonyl (C=O) groups excluding carboxylic acids is 2. The minimum absolute atomic E-state index is 0.0253. The number of benzene rings is 4. The first-order valence-corrected chi connectivity index (χ1v) is 17.3. The van der Waals surface area contributed by atoms with Gasteiger partial charge in [0.1, 0.15) is 12.6 Å². The fourth-order valence-electron chi connectivity index (χ4n) is 4.77. The summed E-state index contributed by atoms with van der Waals surface area (Å²) >= 11 is 25.2. The number of carbonyl (C=O) groups is 2. The third-order valence-electron chi connectivity index (χ3n) is 7.14. The van der Waals surface area contributed by atoms with Crippen molar-refractivity contribution in [1.82, 2.24) is 10.2 Å². The zero-order valence-electron chi connectivity index (χ0n) is 25.4. The molecular weight excluding hydrogens is 688 g/mol. The maximum absolute atomic E-state index is 14.5. The van der Waals surface area contributed by atoms with Gasteiger partial charge in [-0.1, -0.05) is 100 Å². The van der Waals surface area contributed by atoms with E-state index in [1.165, 1.54) is 35.2 Å². The predicted molar refractivity (Wildman–Crippen MR) is 186 cm³/mol.